The molecule has 0 atom stereocenters. The zero-order valence-electron chi connectivity index (χ0n) is 14.6. The second kappa shape index (κ2) is 7.47. The van der Waals surface area contributed by atoms with Crippen LogP contribution in [0.5, 0.6) is 5.75 Å². The molecule has 3 N–H and O–H groups in total. The van der Waals surface area contributed by atoms with Crippen LogP contribution >= 0.6 is 11.3 Å². The summed E-state index contributed by atoms with van der Waals surface area (Å²) in [5, 5.41) is 10.8. The van der Waals surface area contributed by atoms with Gasteiger partial charge in [0, 0.05) is 16.6 Å². The highest BCUT2D eigenvalue weighted by Gasteiger charge is 2.17. The van der Waals surface area contributed by atoms with Crippen LogP contribution in [-0.4, -0.2) is 26.4 Å². The first-order chi connectivity index (χ1) is 12.8. The third kappa shape index (κ3) is 4.33. The fourth-order valence-corrected chi connectivity index (χ4v) is 3.65. The lowest BCUT2D eigenvalue weighted by atomic mass is 10.1. The standard InChI is InChI=1S/C18H17N3O4S2/c1-11-20-16(10-26-11)12-4-3-5-13(8-12)21-18(22)15-9-14(27(19,23)24)6-7-17(15)25-2/h3-10H,1-2H3,(H,21,22)(H2,19,23,24). The van der Waals surface area contributed by atoms with Crippen LogP contribution in [0.1, 0.15) is 15.4 Å². The number of ether oxygens (including phenoxy) is 1. The molecule has 1 amide bonds. The minimum absolute atomic E-state index is 0.0685. The van der Waals surface area contributed by atoms with E-state index in [1.807, 2.05) is 18.4 Å². The number of amides is 1. The molecule has 0 fully saturated rings. The van der Waals surface area contributed by atoms with E-state index in [-0.39, 0.29) is 16.2 Å². The van der Waals surface area contributed by atoms with Gasteiger partial charge in [-0.05, 0) is 37.3 Å². The van der Waals surface area contributed by atoms with E-state index in [0.717, 1.165) is 16.3 Å². The number of rotatable bonds is 5. The van der Waals surface area contributed by atoms with Crippen LogP contribution < -0.4 is 15.2 Å². The largest absolute Gasteiger partial charge is 0.496 e. The number of nitrogens with two attached hydrogens (primary N) is 1. The first-order valence-corrected chi connectivity index (χ1v) is 10.3. The lowest BCUT2D eigenvalue weighted by Gasteiger charge is -2.11. The van der Waals surface area contributed by atoms with Crippen molar-refractivity contribution in [2.75, 3.05) is 12.4 Å². The topological polar surface area (TPSA) is 111 Å². The smallest absolute Gasteiger partial charge is 0.259 e. The Kier molecular flexibility index (Phi) is 5.26. The number of benzene rings is 2. The first-order valence-electron chi connectivity index (χ1n) is 7.82. The predicted molar refractivity (Wildman–Crippen MR) is 105 cm³/mol. The third-order valence-electron chi connectivity index (χ3n) is 3.78. The van der Waals surface area contributed by atoms with Gasteiger partial charge in [0.15, 0.2) is 0 Å². The zero-order valence-corrected chi connectivity index (χ0v) is 16.2. The van der Waals surface area contributed by atoms with Gasteiger partial charge in [-0.2, -0.15) is 0 Å². The Balaban J connectivity index is 1.92. The summed E-state index contributed by atoms with van der Waals surface area (Å²) < 4.78 is 28.3. The van der Waals surface area contributed by atoms with Crippen LogP contribution in [-0.2, 0) is 10.0 Å². The quantitative estimate of drug-likeness (QED) is 0.680. The van der Waals surface area contributed by atoms with Gasteiger partial charge in [-0.3, -0.25) is 4.79 Å². The highest BCUT2D eigenvalue weighted by Crippen LogP contribution is 2.26. The number of hydrogen-bond donors (Lipinski definition) is 2. The van der Waals surface area contributed by atoms with Gasteiger partial charge in [-0.1, -0.05) is 12.1 Å². The zero-order chi connectivity index (χ0) is 19.6. The van der Waals surface area contributed by atoms with Crippen LogP contribution in [0.25, 0.3) is 11.3 Å². The number of methoxy groups -OCH3 is 1. The molecule has 9 heteroatoms. The maximum absolute atomic E-state index is 12.7. The number of primary sulfonamides is 1. The van der Waals surface area contributed by atoms with E-state index in [1.54, 1.807) is 29.5 Å². The molecule has 27 heavy (non-hydrogen) atoms. The average molecular weight is 403 g/mol. The van der Waals surface area contributed by atoms with Crippen molar-refractivity contribution in [2.24, 2.45) is 5.14 Å². The molecule has 1 heterocycles. The Hall–Kier alpha value is -2.75. The van der Waals surface area contributed by atoms with Crippen LogP contribution in [0.15, 0.2) is 52.7 Å². The molecular formula is C18H17N3O4S2. The molecule has 7 nitrogen and oxygen atoms in total. The molecule has 0 aliphatic heterocycles. The number of nitrogens with one attached hydrogen (secondary N) is 1. The summed E-state index contributed by atoms with van der Waals surface area (Å²) in [6.07, 6.45) is 0. The van der Waals surface area contributed by atoms with Crippen molar-refractivity contribution in [3.63, 3.8) is 0 Å². The normalized spacial score (nSPS) is 11.2. The van der Waals surface area contributed by atoms with Crippen LogP contribution in [0.3, 0.4) is 0 Å². The molecule has 0 saturated carbocycles. The van der Waals surface area contributed by atoms with Gasteiger partial charge in [0.05, 0.1) is 28.3 Å². The first kappa shape index (κ1) is 19.0. The molecule has 0 unspecified atom stereocenters. The van der Waals surface area contributed by atoms with E-state index in [2.05, 4.69) is 10.3 Å². The maximum Gasteiger partial charge on any atom is 0.259 e. The Morgan fingerprint density at radius 1 is 1.22 bits per heavy atom. The highest BCUT2D eigenvalue weighted by molar-refractivity contribution is 7.89. The Labute approximate surface area is 160 Å². The molecule has 0 bridgehead atoms. The van der Waals surface area contributed by atoms with E-state index in [0.29, 0.717) is 5.69 Å². The molecule has 0 radical (unpaired) electrons. The number of carbonyl (C=O) groups excluding carboxylic acids is 1. The van der Waals surface area contributed by atoms with Crippen molar-refractivity contribution >= 4 is 33.0 Å². The SMILES string of the molecule is COc1ccc(S(N)(=O)=O)cc1C(=O)Nc1cccc(-c2csc(C)n2)c1. The summed E-state index contributed by atoms with van der Waals surface area (Å²) in [6, 6.07) is 11.1. The summed E-state index contributed by atoms with van der Waals surface area (Å²) >= 11 is 1.54. The van der Waals surface area contributed by atoms with E-state index in [4.69, 9.17) is 9.88 Å². The lowest BCUT2D eigenvalue weighted by molar-refractivity contribution is 0.102. The number of hydrogen-bond acceptors (Lipinski definition) is 6. The van der Waals surface area contributed by atoms with Crippen LogP contribution in [0.2, 0.25) is 0 Å². The summed E-state index contributed by atoms with van der Waals surface area (Å²) in [6.45, 7) is 1.92. The van der Waals surface area contributed by atoms with Crippen molar-refractivity contribution in [1.82, 2.24) is 4.98 Å². The predicted octanol–water partition coefficient (Wildman–Crippen LogP) is 3.03. The Morgan fingerprint density at radius 3 is 2.63 bits per heavy atom. The average Bonchev–Trinajstić information content (AvgIpc) is 3.07. The van der Waals surface area contributed by atoms with Gasteiger partial charge < -0.3 is 10.1 Å². The second-order valence-corrected chi connectivity index (χ2v) is 8.32. The number of thiazole rings is 1. The number of aryl methyl sites for hydroxylation is 1. The molecule has 140 valence electrons. The van der Waals surface area contributed by atoms with Gasteiger partial charge in [0.2, 0.25) is 10.0 Å². The van der Waals surface area contributed by atoms with E-state index in [9.17, 15) is 13.2 Å². The molecule has 3 aromatic rings. The fourth-order valence-electron chi connectivity index (χ4n) is 2.49. The van der Waals surface area contributed by atoms with E-state index in [1.165, 1.54) is 25.3 Å². The molecule has 3 rings (SSSR count). The monoisotopic (exact) mass is 403 g/mol. The lowest BCUT2D eigenvalue weighted by Crippen LogP contribution is -2.16. The van der Waals surface area contributed by atoms with Gasteiger partial charge in [0.25, 0.3) is 5.91 Å². The summed E-state index contributed by atoms with van der Waals surface area (Å²) in [5.74, 6) is -0.268. The molecule has 2 aromatic carbocycles. The molecule has 0 aliphatic carbocycles. The molecular weight excluding hydrogens is 386 g/mol. The Bertz CT molecular complexity index is 1110. The van der Waals surface area contributed by atoms with E-state index >= 15 is 0 Å². The molecule has 0 aliphatic rings. The van der Waals surface area contributed by atoms with Crippen molar-refractivity contribution in [2.45, 2.75) is 11.8 Å². The van der Waals surface area contributed by atoms with Crippen LogP contribution in [0.4, 0.5) is 5.69 Å². The van der Waals surface area contributed by atoms with Crippen molar-refractivity contribution in [3.8, 4) is 17.0 Å². The molecule has 1 aromatic heterocycles. The number of aromatic nitrogens is 1. The Morgan fingerprint density at radius 2 is 2.00 bits per heavy atom. The number of carbonyl (C=O) groups is 1. The van der Waals surface area contributed by atoms with Gasteiger partial charge in [0.1, 0.15) is 5.75 Å². The fraction of sp³-hybridized carbons (Fsp3) is 0.111. The van der Waals surface area contributed by atoms with Crippen molar-refractivity contribution in [1.29, 1.82) is 0 Å². The summed E-state index contributed by atoms with van der Waals surface area (Å²) in [5.41, 5.74) is 2.30. The van der Waals surface area contributed by atoms with Crippen molar-refractivity contribution < 1.29 is 17.9 Å². The number of nitrogens with zero attached hydrogens (tertiary/aromatic N) is 1. The third-order valence-corrected chi connectivity index (χ3v) is 5.46. The van der Waals surface area contributed by atoms with Crippen molar-refractivity contribution in [3.05, 3.63) is 58.4 Å². The van der Waals surface area contributed by atoms with E-state index < -0.39 is 15.9 Å². The second-order valence-electron chi connectivity index (χ2n) is 5.69. The highest BCUT2D eigenvalue weighted by atomic mass is 32.2. The summed E-state index contributed by atoms with van der Waals surface area (Å²) in [7, 11) is -2.54. The minimum Gasteiger partial charge on any atom is -0.496 e. The molecule has 0 saturated heterocycles. The number of sulfonamides is 1. The summed E-state index contributed by atoms with van der Waals surface area (Å²) in [4.78, 5) is 16.9. The number of anilines is 1. The molecule has 0 spiro atoms. The van der Waals surface area contributed by atoms with Gasteiger partial charge >= 0.3 is 0 Å². The van der Waals surface area contributed by atoms with Gasteiger partial charge in [-0.25, -0.2) is 18.5 Å². The van der Waals surface area contributed by atoms with Crippen LogP contribution in [0, 0.1) is 6.92 Å². The van der Waals surface area contributed by atoms with Gasteiger partial charge in [-0.15, -0.1) is 11.3 Å². The maximum atomic E-state index is 12.7. The minimum atomic E-state index is -3.94.